The lowest BCUT2D eigenvalue weighted by Gasteiger charge is -2.35. The molecule has 0 saturated heterocycles. The molecule has 0 amide bonds. The SMILES string of the molecule is CC(OC(=O)C(C)(C(F)(F)F)C(F)(F)F)C(C)(C)C. The van der Waals surface area contributed by atoms with Crippen LogP contribution in [0.25, 0.3) is 0 Å². The fourth-order valence-electron chi connectivity index (χ4n) is 0.847. The molecule has 0 aliphatic heterocycles. The highest BCUT2D eigenvalue weighted by Crippen LogP contribution is 2.51. The summed E-state index contributed by atoms with van der Waals surface area (Å²) >= 11 is 0. The maximum atomic E-state index is 12.6. The topological polar surface area (TPSA) is 26.3 Å². The van der Waals surface area contributed by atoms with Gasteiger partial charge >= 0.3 is 18.3 Å². The van der Waals surface area contributed by atoms with E-state index >= 15 is 0 Å². The van der Waals surface area contributed by atoms with Gasteiger partial charge in [0.2, 0.25) is 0 Å². The second kappa shape index (κ2) is 4.86. The zero-order chi connectivity index (χ0) is 15.9. The van der Waals surface area contributed by atoms with Crippen molar-refractivity contribution in [2.24, 2.45) is 10.8 Å². The zero-order valence-electron chi connectivity index (χ0n) is 11.2. The van der Waals surface area contributed by atoms with Gasteiger partial charge in [0.25, 0.3) is 5.41 Å². The van der Waals surface area contributed by atoms with Crippen molar-refractivity contribution in [1.29, 1.82) is 0 Å². The van der Waals surface area contributed by atoms with Gasteiger partial charge in [0, 0.05) is 0 Å². The van der Waals surface area contributed by atoms with Crippen LogP contribution < -0.4 is 0 Å². The van der Waals surface area contributed by atoms with Crippen molar-refractivity contribution < 1.29 is 35.9 Å². The first kappa shape index (κ1) is 18.0. The summed E-state index contributed by atoms with van der Waals surface area (Å²) in [4.78, 5) is 11.4. The lowest BCUT2D eigenvalue weighted by atomic mass is 9.87. The standard InChI is InChI=1S/C11H16F6O2/c1-6(8(2,3)4)19-7(18)9(5,10(12,13)14)11(15,16)17/h6H,1-5H3. The molecule has 0 aliphatic carbocycles. The number of ether oxygens (including phenoxy) is 1. The number of carbonyl (C=O) groups excluding carboxylic acids is 1. The molecular formula is C11H16F6O2. The Morgan fingerprint density at radius 1 is 0.895 bits per heavy atom. The molecule has 0 N–H and O–H groups in total. The number of halogens is 6. The van der Waals surface area contributed by atoms with Crippen LogP contribution in [0.5, 0.6) is 0 Å². The Balaban J connectivity index is 5.42. The highest BCUT2D eigenvalue weighted by atomic mass is 19.4. The molecule has 2 nitrogen and oxygen atoms in total. The quantitative estimate of drug-likeness (QED) is 0.566. The second-order valence-electron chi connectivity index (χ2n) is 5.53. The Morgan fingerprint density at radius 2 is 1.21 bits per heavy atom. The maximum absolute atomic E-state index is 12.6. The first-order valence-electron chi connectivity index (χ1n) is 5.39. The van der Waals surface area contributed by atoms with Crippen LogP contribution in [-0.2, 0) is 9.53 Å². The van der Waals surface area contributed by atoms with Crippen molar-refractivity contribution in [2.45, 2.75) is 53.1 Å². The van der Waals surface area contributed by atoms with Crippen LogP contribution >= 0.6 is 0 Å². The molecule has 19 heavy (non-hydrogen) atoms. The van der Waals surface area contributed by atoms with Gasteiger partial charge in [-0.1, -0.05) is 20.8 Å². The van der Waals surface area contributed by atoms with Crippen molar-refractivity contribution in [1.82, 2.24) is 0 Å². The van der Waals surface area contributed by atoms with Gasteiger partial charge in [-0.2, -0.15) is 26.3 Å². The summed E-state index contributed by atoms with van der Waals surface area (Å²) in [7, 11) is 0. The van der Waals surface area contributed by atoms with Crippen LogP contribution in [0, 0.1) is 10.8 Å². The lowest BCUT2D eigenvalue weighted by molar-refractivity contribution is -0.328. The molecule has 0 heterocycles. The molecule has 0 bridgehead atoms. The van der Waals surface area contributed by atoms with Gasteiger partial charge < -0.3 is 4.74 Å². The smallest absolute Gasteiger partial charge is 0.413 e. The Hall–Kier alpha value is -0.950. The fraction of sp³-hybridized carbons (Fsp3) is 0.909. The molecular weight excluding hydrogens is 278 g/mol. The summed E-state index contributed by atoms with van der Waals surface area (Å²) in [5.74, 6) is -2.34. The summed E-state index contributed by atoms with van der Waals surface area (Å²) in [6.45, 7) is 5.62. The van der Waals surface area contributed by atoms with Crippen LogP contribution in [0.4, 0.5) is 26.3 Å². The minimum atomic E-state index is -5.78. The molecule has 1 atom stereocenters. The number of esters is 1. The Bertz CT molecular complexity index is 323. The summed E-state index contributed by atoms with van der Waals surface area (Å²) < 4.78 is 79.8. The van der Waals surface area contributed by atoms with E-state index in [-0.39, 0.29) is 6.92 Å². The first-order valence-corrected chi connectivity index (χ1v) is 5.39. The Kier molecular flexibility index (Phi) is 4.62. The molecule has 0 aromatic carbocycles. The van der Waals surface area contributed by atoms with E-state index < -0.39 is 35.3 Å². The van der Waals surface area contributed by atoms with Gasteiger partial charge in [-0.05, 0) is 19.3 Å². The third-order valence-corrected chi connectivity index (χ3v) is 3.05. The van der Waals surface area contributed by atoms with Crippen LogP contribution in [-0.4, -0.2) is 24.4 Å². The van der Waals surface area contributed by atoms with Crippen LogP contribution in [0.2, 0.25) is 0 Å². The van der Waals surface area contributed by atoms with E-state index in [1.54, 1.807) is 0 Å². The van der Waals surface area contributed by atoms with Gasteiger partial charge in [0.05, 0.1) is 0 Å². The van der Waals surface area contributed by atoms with E-state index in [1.807, 2.05) is 0 Å². The van der Waals surface area contributed by atoms with Crippen LogP contribution in [0.1, 0.15) is 34.6 Å². The number of hydrogen-bond donors (Lipinski definition) is 0. The molecule has 0 radical (unpaired) electrons. The molecule has 8 heteroatoms. The average molecular weight is 294 g/mol. The van der Waals surface area contributed by atoms with Crippen molar-refractivity contribution in [3.8, 4) is 0 Å². The van der Waals surface area contributed by atoms with E-state index in [0.717, 1.165) is 0 Å². The van der Waals surface area contributed by atoms with Crippen molar-refractivity contribution in [3.63, 3.8) is 0 Å². The third kappa shape index (κ3) is 3.54. The van der Waals surface area contributed by atoms with E-state index in [0.29, 0.717) is 0 Å². The number of hydrogen-bond acceptors (Lipinski definition) is 2. The molecule has 0 fully saturated rings. The van der Waals surface area contributed by atoms with E-state index in [2.05, 4.69) is 4.74 Å². The largest absolute Gasteiger partial charge is 0.461 e. The predicted molar refractivity (Wildman–Crippen MR) is 55.2 cm³/mol. The molecule has 0 aromatic heterocycles. The Morgan fingerprint density at radius 3 is 1.42 bits per heavy atom. The summed E-state index contributed by atoms with van der Waals surface area (Å²) in [6.07, 6.45) is -12.6. The van der Waals surface area contributed by atoms with Crippen LogP contribution in [0.15, 0.2) is 0 Å². The van der Waals surface area contributed by atoms with E-state index in [1.165, 1.54) is 27.7 Å². The maximum Gasteiger partial charge on any atom is 0.413 e. The summed E-state index contributed by atoms with van der Waals surface area (Å²) in [5.41, 5.74) is -5.30. The summed E-state index contributed by atoms with van der Waals surface area (Å²) in [5, 5.41) is 0. The molecule has 0 saturated carbocycles. The minimum absolute atomic E-state index is 0.218. The first-order chi connectivity index (χ1) is 8.05. The van der Waals surface area contributed by atoms with Gasteiger partial charge in [0.15, 0.2) is 0 Å². The van der Waals surface area contributed by atoms with Crippen molar-refractivity contribution >= 4 is 5.97 Å². The molecule has 0 spiro atoms. The van der Waals surface area contributed by atoms with Gasteiger partial charge in [-0.25, -0.2) is 0 Å². The second-order valence-corrected chi connectivity index (χ2v) is 5.53. The minimum Gasteiger partial charge on any atom is -0.461 e. The lowest BCUT2D eigenvalue weighted by Crippen LogP contribution is -2.55. The average Bonchev–Trinajstić information content (AvgIpc) is 2.10. The van der Waals surface area contributed by atoms with E-state index in [4.69, 9.17) is 0 Å². The van der Waals surface area contributed by atoms with Crippen molar-refractivity contribution in [3.05, 3.63) is 0 Å². The zero-order valence-corrected chi connectivity index (χ0v) is 11.2. The summed E-state index contributed by atoms with van der Waals surface area (Å²) in [6, 6.07) is 0. The molecule has 1 unspecified atom stereocenters. The molecule has 0 aliphatic rings. The Labute approximate surface area is 107 Å². The van der Waals surface area contributed by atoms with Gasteiger partial charge in [0.1, 0.15) is 6.10 Å². The highest BCUT2D eigenvalue weighted by molar-refractivity contribution is 5.78. The predicted octanol–water partition coefficient (Wildman–Crippen LogP) is 4.10. The normalized spacial score (nSPS) is 16.2. The number of rotatable bonds is 2. The van der Waals surface area contributed by atoms with Crippen LogP contribution in [0.3, 0.4) is 0 Å². The van der Waals surface area contributed by atoms with Gasteiger partial charge in [-0.15, -0.1) is 0 Å². The van der Waals surface area contributed by atoms with Crippen molar-refractivity contribution in [2.75, 3.05) is 0 Å². The fourth-order valence-corrected chi connectivity index (χ4v) is 0.847. The molecule has 114 valence electrons. The number of carbonyl (C=O) groups is 1. The molecule has 0 aromatic rings. The van der Waals surface area contributed by atoms with E-state index in [9.17, 15) is 31.1 Å². The number of alkyl halides is 6. The molecule has 0 rings (SSSR count). The highest BCUT2D eigenvalue weighted by Gasteiger charge is 2.73. The van der Waals surface area contributed by atoms with Gasteiger partial charge in [-0.3, -0.25) is 4.79 Å². The third-order valence-electron chi connectivity index (χ3n) is 3.05. The monoisotopic (exact) mass is 294 g/mol.